The Labute approximate surface area is 110 Å². The molecule has 18 heavy (non-hydrogen) atoms. The number of amides is 1. The Morgan fingerprint density at radius 3 is 2.39 bits per heavy atom. The summed E-state index contributed by atoms with van der Waals surface area (Å²) in [5, 5.41) is 3.36. The first kappa shape index (κ1) is 14.7. The van der Waals surface area contributed by atoms with E-state index in [0.29, 0.717) is 6.42 Å². The number of carbonyl (C=O) groups excluding carboxylic acids is 1. The van der Waals surface area contributed by atoms with E-state index < -0.39 is 5.54 Å². The molecular formula is C15H24N2O. The van der Waals surface area contributed by atoms with E-state index in [1.54, 1.807) is 0 Å². The molecule has 1 aromatic carbocycles. The van der Waals surface area contributed by atoms with Crippen LogP contribution in [0.2, 0.25) is 0 Å². The fourth-order valence-corrected chi connectivity index (χ4v) is 2.27. The molecule has 3 N–H and O–H groups in total. The second-order valence-electron chi connectivity index (χ2n) is 4.79. The van der Waals surface area contributed by atoms with Gasteiger partial charge in [-0.05, 0) is 31.4 Å². The Morgan fingerprint density at radius 1 is 1.22 bits per heavy atom. The third-order valence-corrected chi connectivity index (χ3v) is 3.21. The minimum atomic E-state index is -0.605. The van der Waals surface area contributed by atoms with E-state index in [2.05, 4.69) is 19.2 Å². The van der Waals surface area contributed by atoms with Crippen molar-refractivity contribution in [3.05, 3.63) is 35.9 Å². The molecule has 1 atom stereocenters. The van der Waals surface area contributed by atoms with Gasteiger partial charge in [0.2, 0.25) is 5.91 Å². The van der Waals surface area contributed by atoms with Crippen molar-refractivity contribution in [2.75, 3.05) is 6.54 Å². The van der Waals surface area contributed by atoms with Crippen LogP contribution in [0.4, 0.5) is 0 Å². The van der Waals surface area contributed by atoms with E-state index in [9.17, 15) is 4.79 Å². The van der Waals surface area contributed by atoms with E-state index in [1.165, 1.54) is 0 Å². The number of benzene rings is 1. The Kier molecular flexibility index (Phi) is 5.86. The van der Waals surface area contributed by atoms with E-state index >= 15 is 0 Å². The number of hydrogen-bond donors (Lipinski definition) is 2. The number of hydrogen-bond acceptors (Lipinski definition) is 2. The molecule has 0 spiro atoms. The number of nitrogens with two attached hydrogens (primary N) is 1. The van der Waals surface area contributed by atoms with Crippen LogP contribution in [0.25, 0.3) is 0 Å². The van der Waals surface area contributed by atoms with Crippen LogP contribution in [0.5, 0.6) is 0 Å². The SMILES string of the molecule is CCCNC(CCC)(Cc1ccccc1)C(N)=O. The number of rotatable bonds is 8. The Morgan fingerprint density at radius 2 is 1.89 bits per heavy atom. The van der Waals surface area contributed by atoms with Crippen molar-refractivity contribution >= 4 is 5.91 Å². The third-order valence-electron chi connectivity index (χ3n) is 3.21. The van der Waals surface area contributed by atoms with E-state index in [-0.39, 0.29) is 5.91 Å². The first-order chi connectivity index (χ1) is 8.64. The lowest BCUT2D eigenvalue weighted by molar-refractivity contribution is -0.124. The minimum absolute atomic E-state index is 0.248. The molecule has 1 rings (SSSR count). The highest BCUT2D eigenvalue weighted by atomic mass is 16.1. The summed E-state index contributed by atoms with van der Waals surface area (Å²) in [6, 6.07) is 10.1. The molecule has 1 unspecified atom stereocenters. The summed E-state index contributed by atoms with van der Waals surface area (Å²) in [6.07, 6.45) is 3.37. The van der Waals surface area contributed by atoms with Gasteiger partial charge in [-0.2, -0.15) is 0 Å². The molecule has 0 heterocycles. The van der Waals surface area contributed by atoms with Gasteiger partial charge < -0.3 is 11.1 Å². The zero-order valence-electron chi connectivity index (χ0n) is 11.4. The summed E-state index contributed by atoms with van der Waals surface area (Å²) >= 11 is 0. The lowest BCUT2D eigenvalue weighted by atomic mass is 9.85. The molecule has 1 aromatic rings. The van der Waals surface area contributed by atoms with Crippen molar-refractivity contribution in [2.24, 2.45) is 5.73 Å². The second-order valence-corrected chi connectivity index (χ2v) is 4.79. The minimum Gasteiger partial charge on any atom is -0.368 e. The third kappa shape index (κ3) is 3.84. The summed E-state index contributed by atoms with van der Waals surface area (Å²) in [5.41, 5.74) is 6.19. The van der Waals surface area contributed by atoms with Gasteiger partial charge in [-0.3, -0.25) is 4.79 Å². The quantitative estimate of drug-likeness (QED) is 0.741. The molecule has 0 aromatic heterocycles. The molecule has 1 amide bonds. The monoisotopic (exact) mass is 248 g/mol. The number of carbonyl (C=O) groups is 1. The van der Waals surface area contributed by atoms with E-state index in [4.69, 9.17) is 5.73 Å². The topological polar surface area (TPSA) is 55.1 Å². The fourth-order valence-electron chi connectivity index (χ4n) is 2.27. The van der Waals surface area contributed by atoms with Gasteiger partial charge in [-0.25, -0.2) is 0 Å². The molecule has 0 bridgehead atoms. The maximum absolute atomic E-state index is 11.9. The van der Waals surface area contributed by atoms with Crippen LogP contribution in [0.3, 0.4) is 0 Å². The Bertz CT molecular complexity index is 364. The molecule has 0 aliphatic carbocycles. The van der Waals surface area contributed by atoms with Gasteiger partial charge in [0.25, 0.3) is 0 Å². The van der Waals surface area contributed by atoms with Gasteiger partial charge in [-0.1, -0.05) is 50.6 Å². The molecule has 0 fully saturated rings. The molecule has 3 heteroatoms. The maximum atomic E-state index is 11.9. The van der Waals surface area contributed by atoms with Crippen LogP contribution in [-0.2, 0) is 11.2 Å². The van der Waals surface area contributed by atoms with Crippen molar-refractivity contribution in [3.63, 3.8) is 0 Å². The molecule has 0 radical (unpaired) electrons. The normalized spacial score (nSPS) is 14.1. The van der Waals surface area contributed by atoms with Crippen LogP contribution in [0.15, 0.2) is 30.3 Å². The predicted octanol–water partition coefficient (Wildman–Crippen LogP) is 2.25. The van der Waals surface area contributed by atoms with Crippen LogP contribution in [-0.4, -0.2) is 18.0 Å². The van der Waals surface area contributed by atoms with Crippen molar-refractivity contribution in [1.82, 2.24) is 5.32 Å². The van der Waals surface area contributed by atoms with E-state index in [1.807, 2.05) is 30.3 Å². The van der Waals surface area contributed by atoms with Gasteiger partial charge in [-0.15, -0.1) is 0 Å². The van der Waals surface area contributed by atoms with Gasteiger partial charge in [0.1, 0.15) is 5.54 Å². The smallest absolute Gasteiger partial charge is 0.238 e. The number of primary amides is 1. The Balaban J connectivity index is 2.90. The highest BCUT2D eigenvalue weighted by molar-refractivity contribution is 5.85. The molecule has 0 aliphatic rings. The average Bonchev–Trinajstić information content (AvgIpc) is 2.37. The lowest BCUT2D eigenvalue weighted by Crippen LogP contribution is -2.57. The standard InChI is InChI=1S/C15H24N2O/c1-3-10-15(14(16)18,17-11-4-2)12-13-8-6-5-7-9-13/h5-9,17H,3-4,10-12H2,1-2H3,(H2,16,18). The summed E-state index contributed by atoms with van der Waals surface area (Å²) < 4.78 is 0. The van der Waals surface area contributed by atoms with E-state index in [0.717, 1.165) is 31.4 Å². The van der Waals surface area contributed by atoms with Gasteiger partial charge in [0.05, 0.1) is 0 Å². The van der Waals surface area contributed by atoms with Gasteiger partial charge >= 0.3 is 0 Å². The van der Waals surface area contributed by atoms with Crippen LogP contribution >= 0.6 is 0 Å². The first-order valence-corrected chi connectivity index (χ1v) is 6.73. The van der Waals surface area contributed by atoms with Gasteiger partial charge in [0, 0.05) is 0 Å². The van der Waals surface area contributed by atoms with Crippen molar-refractivity contribution in [3.8, 4) is 0 Å². The van der Waals surface area contributed by atoms with Crippen LogP contribution in [0, 0.1) is 0 Å². The van der Waals surface area contributed by atoms with Crippen molar-refractivity contribution < 1.29 is 4.79 Å². The summed E-state index contributed by atoms with van der Waals surface area (Å²) in [5.74, 6) is -0.248. The van der Waals surface area contributed by atoms with Crippen molar-refractivity contribution in [1.29, 1.82) is 0 Å². The summed E-state index contributed by atoms with van der Waals surface area (Å²) in [4.78, 5) is 11.9. The fraction of sp³-hybridized carbons (Fsp3) is 0.533. The highest BCUT2D eigenvalue weighted by Gasteiger charge is 2.34. The maximum Gasteiger partial charge on any atom is 0.238 e. The van der Waals surface area contributed by atoms with Crippen LogP contribution < -0.4 is 11.1 Å². The second kappa shape index (κ2) is 7.17. The first-order valence-electron chi connectivity index (χ1n) is 6.73. The molecule has 100 valence electrons. The summed E-state index contributed by atoms with van der Waals surface area (Å²) in [7, 11) is 0. The zero-order chi connectivity index (χ0) is 13.4. The van der Waals surface area contributed by atoms with Crippen LogP contribution in [0.1, 0.15) is 38.7 Å². The van der Waals surface area contributed by atoms with Gasteiger partial charge in [0.15, 0.2) is 0 Å². The average molecular weight is 248 g/mol. The molecule has 3 nitrogen and oxygen atoms in total. The van der Waals surface area contributed by atoms with Crippen molar-refractivity contribution in [2.45, 2.75) is 45.1 Å². The lowest BCUT2D eigenvalue weighted by Gasteiger charge is -2.32. The molecular weight excluding hydrogens is 224 g/mol. The molecule has 0 saturated heterocycles. The molecule has 0 aliphatic heterocycles. The zero-order valence-corrected chi connectivity index (χ0v) is 11.4. The number of nitrogens with one attached hydrogen (secondary N) is 1. The molecule has 0 saturated carbocycles. The predicted molar refractivity (Wildman–Crippen MR) is 75.3 cm³/mol. The Hall–Kier alpha value is -1.35. The highest BCUT2D eigenvalue weighted by Crippen LogP contribution is 2.19. The summed E-state index contributed by atoms with van der Waals surface area (Å²) in [6.45, 7) is 4.99. The largest absolute Gasteiger partial charge is 0.368 e.